The molecule has 0 radical (unpaired) electrons. The fourth-order valence-electron chi connectivity index (χ4n) is 2.28. The van der Waals surface area contributed by atoms with Crippen LogP contribution in [-0.2, 0) is 4.79 Å². The number of anilines is 1. The lowest BCUT2D eigenvalue weighted by Crippen LogP contribution is -2.35. The van der Waals surface area contributed by atoms with Crippen molar-refractivity contribution >= 4 is 33.7 Å². The summed E-state index contributed by atoms with van der Waals surface area (Å²) in [4.78, 5) is 12.2. The van der Waals surface area contributed by atoms with Crippen molar-refractivity contribution in [2.75, 3.05) is 19.5 Å². The van der Waals surface area contributed by atoms with Crippen LogP contribution < -0.4 is 20.2 Å². The predicted octanol–water partition coefficient (Wildman–Crippen LogP) is 3.73. The van der Waals surface area contributed by atoms with Gasteiger partial charge in [-0.15, -0.1) is 0 Å². The Balaban J connectivity index is 2.02. The van der Waals surface area contributed by atoms with Crippen LogP contribution in [0.3, 0.4) is 0 Å². The molecule has 0 saturated heterocycles. The summed E-state index contributed by atoms with van der Waals surface area (Å²) >= 11 is 3.42. The van der Waals surface area contributed by atoms with E-state index in [-0.39, 0.29) is 5.91 Å². The number of halogens is 1. The molecule has 0 saturated carbocycles. The molecule has 1 amide bonds. The molecule has 0 fully saturated rings. The summed E-state index contributed by atoms with van der Waals surface area (Å²) in [6.07, 6.45) is 1.53. The topological polar surface area (TPSA) is 72.0 Å². The molecule has 0 heterocycles. The number of amides is 1. The van der Waals surface area contributed by atoms with Gasteiger partial charge in [0.25, 0.3) is 5.91 Å². The smallest absolute Gasteiger partial charge is 0.262 e. The molecule has 1 atom stereocenters. The lowest BCUT2D eigenvalue weighted by atomic mass is 10.2. The first-order valence-corrected chi connectivity index (χ1v) is 8.82. The highest BCUT2D eigenvalue weighted by Crippen LogP contribution is 2.31. The van der Waals surface area contributed by atoms with E-state index >= 15 is 0 Å². The third kappa shape index (κ3) is 4.98. The van der Waals surface area contributed by atoms with Gasteiger partial charge in [0.2, 0.25) is 0 Å². The number of aryl methyl sites for hydroxylation is 1. The van der Waals surface area contributed by atoms with E-state index in [0.29, 0.717) is 17.1 Å². The van der Waals surface area contributed by atoms with Crippen molar-refractivity contribution in [3.05, 3.63) is 52.0 Å². The van der Waals surface area contributed by atoms with Gasteiger partial charge in [0.05, 0.1) is 24.9 Å². The van der Waals surface area contributed by atoms with Crippen LogP contribution in [0.25, 0.3) is 0 Å². The highest BCUT2D eigenvalue weighted by Gasteiger charge is 2.13. The Bertz CT molecular complexity index is 809. The fourth-order valence-corrected chi connectivity index (χ4v) is 2.80. The van der Waals surface area contributed by atoms with E-state index in [2.05, 4.69) is 31.8 Å². The van der Waals surface area contributed by atoms with Gasteiger partial charge in [-0.3, -0.25) is 4.79 Å². The van der Waals surface area contributed by atoms with Crippen molar-refractivity contribution in [3.63, 3.8) is 0 Å². The molecule has 0 unspecified atom stereocenters. The van der Waals surface area contributed by atoms with Gasteiger partial charge in [-0.25, -0.2) is 5.43 Å². The SMILES string of the molecule is COc1cc(OC)c(/C=N\NC(=O)[C@H](C)Nc2ccccc2C)cc1Br. The third-order valence-corrected chi connectivity index (χ3v) is 4.41. The first-order chi connectivity index (χ1) is 12.5. The molecule has 26 heavy (non-hydrogen) atoms. The number of hydrazone groups is 1. The van der Waals surface area contributed by atoms with Crippen molar-refractivity contribution < 1.29 is 14.3 Å². The quantitative estimate of drug-likeness (QED) is 0.529. The standard InChI is InChI=1S/C19H22BrN3O3/c1-12-7-5-6-8-16(12)22-13(2)19(24)23-21-11-14-9-15(20)18(26-4)10-17(14)25-3/h5-11,13,22H,1-4H3,(H,23,24)/b21-11-/t13-/m0/s1. The number of benzene rings is 2. The summed E-state index contributed by atoms with van der Waals surface area (Å²) < 4.78 is 11.3. The minimum absolute atomic E-state index is 0.240. The van der Waals surface area contributed by atoms with Gasteiger partial charge < -0.3 is 14.8 Å². The number of para-hydroxylation sites is 1. The van der Waals surface area contributed by atoms with Crippen molar-refractivity contribution in [3.8, 4) is 11.5 Å². The molecule has 2 aromatic rings. The largest absolute Gasteiger partial charge is 0.496 e. The number of carbonyl (C=O) groups excluding carboxylic acids is 1. The summed E-state index contributed by atoms with van der Waals surface area (Å²) in [6, 6.07) is 10.9. The van der Waals surface area contributed by atoms with Gasteiger partial charge in [0.15, 0.2) is 0 Å². The fraction of sp³-hybridized carbons (Fsp3) is 0.263. The normalized spacial score (nSPS) is 11.9. The Kier molecular flexibility index (Phi) is 7.03. The number of carbonyl (C=O) groups is 1. The average Bonchev–Trinajstić information content (AvgIpc) is 2.63. The molecule has 2 rings (SSSR count). The van der Waals surface area contributed by atoms with Crippen molar-refractivity contribution in [2.45, 2.75) is 19.9 Å². The minimum atomic E-state index is -0.433. The Morgan fingerprint density at radius 2 is 1.88 bits per heavy atom. The van der Waals surface area contributed by atoms with Crippen molar-refractivity contribution in [2.24, 2.45) is 5.10 Å². The monoisotopic (exact) mass is 419 g/mol. The van der Waals surface area contributed by atoms with Gasteiger partial charge in [-0.1, -0.05) is 18.2 Å². The number of rotatable bonds is 7. The van der Waals surface area contributed by atoms with Gasteiger partial charge in [-0.2, -0.15) is 5.10 Å². The van der Waals surface area contributed by atoms with E-state index in [1.807, 2.05) is 37.3 Å². The molecule has 7 heteroatoms. The van der Waals surface area contributed by atoms with Crippen molar-refractivity contribution in [1.29, 1.82) is 0 Å². The van der Waals surface area contributed by atoms with Crippen LogP contribution in [0.15, 0.2) is 46.0 Å². The zero-order chi connectivity index (χ0) is 19.1. The van der Waals surface area contributed by atoms with Gasteiger partial charge >= 0.3 is 0 Å². The van der Waals surface area contributed by atoms with Gasteiger partial charge in [0.1, 0.15) is 17.5 Å². The molecule has 0 spiro atoms. The van der Waals surface area contributed by atoms with Crippen LogP contribution in [0.5, 0.6) is 11.5 Å². The minimum Gasteiger partial charge on any atom is -0.496 e. The van der Waals surface area contributed by atoms with E-state index in [1.165, 1.54) is 6.21 Å². The molecule has 0 aliphatic carbocycles. The number of ether oxygens (including phenoxy) is 2. The van der Waals surface area contributed by atoms with E-state index in [0.717, 1.165) is 15.7 Å². The number of nitrogens with zero attached hydrogens (tertiary/aromatic N) is 1. The lowest BCUT2D eigenvalue weighted by Gasteiger charge is -2.15. The second-order valence-corrected chi connectivity index (χ2v) is 6.50. The van der Waals surface area contributed by atoms with Crippen LogP contribution in [0, 0.1) is 6.92 Å². The summed E-state index contributed by atoms with van der Waals surface area (Å²) in [7, 11) is 3.14. The van der Waals surface area contributed by atoms with Gasteiger partial charge in [0, 0.05) is 17.3 Å². The van der Waals surface area contributed by atoms with Gasteiger partial charge in [-0.05, 0) is 47.5 Å². The maximum atomic E-state index is 12.2. The highest BCUT2D eigenvalue weighted by molar-refractivity contribution is 9.10. The Morgan fingerprint density at radius 1 is 1.19 bits per heavy atom. The maximum absolute atomic E-state index is 12.2. The lowest BCUT2D eigenvalue weighted by molar-refractivity contribution is -0.121. The van der Waals surface area contributed by atoms with Crippen LogP contribution in [-0.4, -0.2) is 32.4 Å². The Hall–Kier alpha value is -2.54. The molecule has 0 bridgehead atoms. The number of hydrogen-bond donors (Lipinski definition) is 2. The molecule has 0 aromatic heterocycles. The summed E-state index contributed by atoms with van der Waals surface area (Å²) in [6.45, 7) is 3.76. The number of methoxy groups -OCH3 is 2. The third-order valence-electron chi connectivity index (χ3n) is 3.79. The number of hydrogen-bond acceptors (Lipinski definition) is 5. The molecule has 0 aliphatic rings. The van der Waals surface area contributed by atoms with Crippen LogP contribution in [0.4, 0.5) is 5.69 Å². The first-order valence-electron chi connectivity index (χ1n) is 8.03. The predicted molar refractivity (Wildman–Crippen MR) is 107 cm³/mol. The van der Waals surface area contributed by atoms with Crippen LogP contribution in [0.1, 0.15) is 18.1 Å². The van der Waals surface area contributed by atoms with Crippen LogP contribution >= 0.6 is 15.9 Å². The van der Waals surface area contributed by atoms with Crippen molar-refractivity contribution in [1.82, 2.24) is 5.43 Å². The summed E-state index contributed by atoms with van der Waals surface area (Å²) in [5.41, 5.74) is 5.23. The Morgan fingerprint density at radius 3 is 2.54 bits per heavy atom. The number of nitrogens with one attached hydrogen (secondary N) is 2. The van der Waals surface area contributed by atoms with E-state index in [9.17, 15) is 4.79 Å². The highest BCUT2D eigenvalue weighted by atomic mass is 79.9. The molecule has 2 aromatic carbocycles. The maximum Gasteiger partial charge on any atom is 0.262 e. The summed E-state index contributed by atoms with van der Waals surface area (Å²) in [5.74, 6) is 1.00. The zero-order valence-electron chi connectivity index (χ0n) is 15.2. The van der Waals surface area contributed by atoms with E-state index in [4.69, 9.17) is 9.47 Å². The second-order valence-electron chi connectivity index (χ2n) is 5.64. The Labute approximate surface area is 161 Å². The average molecular weight is 420 g/mol. The molecular weight excluding hydrogens is 398 g/mol. The summed E-state index contributed by atoms with van der Waals surface area (Å²) in [5, 5.41) is 7.20. The van der Waals surface area contributed by atoms with E-state index < -0.39 is 6.04 Å². The van der Waals surface area contributed by atoms with E-state index in [1.54, 1.807) is 27.2 Å². The molecule has 2 N–H and O–H groups in total. The molecule has 6 nitrogen and oxygen atoms in total. The second kappa shape index (κ2) is 9.24. The first kappa shape index (κ1) is 19.8. The van der Waals surface area contributed by atoms with Crippen LogP contribution in [0.2, 0.25) is 0 Å². The molecule has 0 aliphatic heterocycles. The molecular formula is C19H22BrN3O3. The zero-order valence-corrected chi connectivity index (χ0v) is 16.8. The molecule has 138 valence electrons.